The Hall–Kier alpha value is -6.91. The predicted molar refractivity (Wildman–Crippen MR) is 386 cm³/mol. The zero-order valence-electron chi connectivity index (χ0n) is 65.2. The molecule has 1 spiro atoms. The zero-order chi connectivity index (χ0) is 77.7. The first-order chi connectivity index (χ1) is 49.5. The van der Waals surface area contributed by atoms with Crippen LogP contribution in [0.15, 0.2) is 12.2 Å². The Kier molecular flexibility index (Phi) is 30.7. The third-order valence-corrected chi connectivity index (χ3v) is 24.4. The van der Waals surface area contributed by atoms with E-state index < -0.39 is 174 Å². The number of carbonyl (C=O) groups excluding carboxylic acids is 12. The summed E-state index contributed by atoms with van der Waals surface area (Å²) >= 11 is 0. The number of rotatable bonds is 14. The van der Waals surface area contributed by atoms with E-state index in [0.717, 1.165) is 48.3 Å². The van der Waals surface area contributed by atoms with Gasteiger partial charge in [-0.05, 0) is 132 Å². The number of fused-ring (bicyclic) bond motifs is 3. The third kappa shape index (κ3) is 20.5. The first-order valence-corrected chi connectivity index (χ1v) is 38.6. The number of amides is 12. The van der Waals surface area contributed by atoms with Gasteiger partial charge in [-0.25, -0.2) is 0 Å². The van der Waals surface area contributed by atoms with Crippen LogP contribution in [-0.2, 0) is 67.0 Å². The van der Waals surface area contributed by atoms with Crippen molar-refractivity contribution in [2.75, 3.05) is 110 Å². The maximum Gasteiger partial charge on any atom is 0.394 e. The van der Waals surface area contributed by atoms with Crippen molar-refractivity contribution in [2.24, 2.45) is 41.4 Å². The second kappa shape index (κ2) is 37.8. The highest BCUT2D eigenvalue weighted by atomic mass is 19.4. The van der Waals surface area contributed by atoms with Crippen molar-refractivity contribution >= 4 is 70.9 Å². The Morgan fingerprint density at radius 2 is 1.31 bits per heavy atom. The summed E-state index contributed by atoms with van der Waals surface area (Å²) in [6, 6.07) is -10.1. The van der Waals surface area contributed by atoms with E-state index in [1.807, 2.05) is 26.8 Å². The van der Waals surface area contributed by atoms with E-state index in [-0.39, 0.29) is 108 Å². The normalized spacial score (nSPS) is 31.7. The van der Waals surface area contributed by atoms with Crippen LogP contribution < -0.4 is 10.6 Å². The summed E-state index contributed by atoms with van der Waals surface area (Å²) in [4.78, 5) is 195. The lowest BCUT2D eigenvalue weighted by molar-refractivity contribution is -0.215. The van der Waals surface area contributed by atoms with Crippen molar-refractivity contribution in [3.05, 3.63) is 12.2 Å². The van der Waals surface area contributed by atoms with Gasteiger partial charge in [-0.2, -0.15) is 13.2 Å². The van der Waals surface area contributed by atoms with Crippen LogP contribution in [0, 0.1) is 41.4 Å². The molecule has 2 saturated heterocycles. The lowest BCUT2D eigenvalue weighted by atomic mass is 9.73. The van der Waals surface area contributed by atoms with Crippen molar-refractivity contribution in [1.82, 2.24) is 59.6 Å². The minimum Gasteiger partial charge on any atom is -0.381 e. The fourth-order valence-corrected chi connectivity index (χ4v) is 17.1. The number of halogens is 3. The molecule has 3 unspecified atom stereocenters. The maximum atomic E-state index is 15.7. The molecule has 29 heteroatoms. The van der Waals surface area contributed by atoms with Gasteiger partial charge in [0.25, 0.3) is 0 Å². The molecule has 3 heterocycles. The Morgan fingerprint density at radius 3 is 1.91 bits per heavy atom. The zero-order valence-corrected chi connectivity index (χ0v) is 65.2. The first kappa shape index (κ1) is 85.3. The fraction of sp³-hybridized carbons (Fsp3) is 0.816. The third-order valence-electron chi connectivity index (χ3n) is 24.4. The summed E-state index contributed by atoms with van der Waals surface area (Å²) in [5, 5.41) is 5.77. The summed E-state index contributed by atoms with van der Waals surface area (Å²) in [6.45, 7) is 8.32. The number of carbonyl (C=O) groups is 12. The van der Waals surface area contributed by atoms with E-state index in [4.69, 9.17) is 9.47 Å². The van der Waals surface area contributed by atoms with Gasteiger partial charge in [-0.15, -0.1) is 0 Å². The van der Waals surface area contributed by atoms with E-state index in [1.54, 1.807) is 13.0 Å². The molecule has 26 nitrogen and oxygen atoms in total. The molecule has 2 N–H and O–H groups in total. The van der Waals surface area contributed by atoms with Crippen LogP contribution in [-0.4, -0.2) is 296 Å². The minimum absolute atomic E-state index is 0.00118. The maximum absolute atomic E-state index is 15.7. The summed E-state index contributed by atoms with van der Waals surface area (Å²) < 4.78 is 54.3. The molecular formula is C76H123F3N12O14. The van der Waals surface area contributed by atoms with Crippen molar-refractivity contribution in [1.29, 1.82) is 0 Å². The van der Waals surface area contributed by atoms with Gasteiger partial charge < -0.3 is 69.1 Å². The van der Waals surface area contributed by atoms with Crippen LogP contribution in [0.3, 0.4) is 0 Å². The molecule has 13 atom stereocenters. The molecule has 2 bridgehead atoms. The molecule has 0 radical (unpaired) electrons. The molecule has 0 aromatic heterocycles. The van der Waals surface area contributed by atoms with Gasteiger partial charge in [-0.3, -0.25) is 57.5 Å². The molecule has 105 heavy (non-hydrogen) atoms. The Morgan fingerprint density at radius 1 is 0.667 bits per heavy atom. The van der Waals surface area contributed by atoms with Gasteiger partial charge in [-0.1, -0.05) is 91.7 Å². The lowest BCUT2D eigenvalue weighted by Crippen LogP contribution is -2.68. The quantitative estimate of drug-likeness (QED) is 0.161. The number of nitrogens with zero attached hydrogens (tertiary/aromatic N) is 10. The van der Waals surface area contributed by atoms with E-state index in [1.165, 1.54) is 110 Å². The molecular weight excluding hydrogens is 1360 g/mol. The van der Waals surface area contributed by atoms with E-state index >= 15 is 28.8 Å². The Bertz CT molecular complexity index is 3100. The van der Waals surface area contributed by atoms with Crippen LogP contribution in [0.2, 0.25) is 0 Å². The molecule has 0 aromatic rings. The molecule has 6 fully saturated rings. The van der Waals surface area contributed by atoms with Crippen molar-refractivity contribution < 1.29 is 80.2 Å². The molecule has 7 aliphatic rings. The number of alkyl halides is 3. The Labute approximate surface area is 620 Å². The molecule has 7 rings (SSSR count). The Balaban J connectivity index is 1.31. The molecule has 4 aliphatic carbocycles. The van der Waals surface area contributed by atoms with Crippen LogP contribution in [0.4, 0.5) is 13.2 Å². The minimum atomic E-state index is -4.51. The van der Waals surface area contributed by atoms with Gasteiger partial charge in [0.2, 0.25) is 70.9 Å². The van der Waals surface area contributed by atoms with E-state index in [0.29, 0.717) is 44.4 Å². The monoisotopic (exact) mass is 1480 g/mol. The summed E-state index contributed by atoms with van der Waals surface area (Å²) in [5.74, 6) is -10.5. The molecule has 12 amide bonds. The molecule has 4 saturated carbocycles. The lowest BCUT2D eigenvalue weighted by Gasteiger charge is -2.51. The van der Waals surface area contributed by atoms with Gasteiger partial charge in [0.15, 0.2) is 0 Å². The predicted octanol–water partition coefficient (Wildman–Crippen LogP) is 5.49. The van der Waals surface area contributed by atoms with Crippen LogP contribution in [0.5, 0.6) is 0 Å². The highest BCUT2D eigenvalue weighted by molar-refractivity contribution is 6.01. The van der Waals surface area contributed by atoms with Crippen molar-refractivity contribution in [2.45, 2.75) is 248 Å². The average molecular weight is 1490 g/mol. The topological polar surface area (TPSA) is 280 Å². The largest absolute Gasteiger partial charge is 0.394 e. The second-order valence-electron chi connectivity index (χ2n) is 32.0. The number of hydrogen-bond acceptors (Lipinski definition) is 14. The number of nitrogens with one attached hydrogen (secondary N) is 2. The SMILES string of the molecule is CCCOC[C@H]1C(=O)N[C@@H]([C@@H](C)CC)C(=O)N(C)CC(=O)N(C)[C@H]2C/C=C\CCN(C2=O)[C@@H](CC2CCC(C)CC2)C(=O)N(C)CC(=O)N[C@@H](CCC2CCC(C(F)(F)F)C(OC)C2)C(=O)N2C[C@@H](C)C[C@H]2C(=O)N(C)C2(CCC2)C(=O)N(C)[C@@H](C2CCCC2)C(=O)N(C)[C@H](C(=O)N(C)C)CC(=O)N1C. The fourth-order valence-electron chi connectivity index (χ4n) is 17.1. The molecule has 592 valence electrons. The summed E-state index contributed by atoms with van der Waals surface area (Å²) in [7, 11) is 14.3. The van der Waals surface area contributed by atoms with E-state index in [9.17, 15) is 41.9 Å². The number of methoxy groups -OCH3 is 1. The van der Waals surface area contributed by atoms with Crippen molar-refractivity contribution in [3.63, 3.8) is 0 Å². The summed E-state index contributed by atoms with van der Waals surface area (Å²) in [6.07, 6.45) is 5.98. The average Bonchev–Trinajstić information content (AvgIpc) is 1.72. The smallest absolute Gasteiger partial charge is 0.381 e. The number of likely N-dealkylation sites (N-methyl/N-ethyl adjacent to an activating group) is 8. The standard InChI is InChI=1S/C76H123F3N12O14/c1-16-38-105-46-59-66(95)81-64(49(5)17-2)72(101)84(9)45-63(94)85(10)55-26-19-18-22-37-90(71(55)100)58(40-50-29-27-47(3)28-30-50)69(98)83(8)44-61(92)80-54(34-32-51-31-33-53(76(77,78)79)60(41-51)104-15)67(96)91-43-48(4)39-57(91)70(99)89(14)75(35-23-36-75)74(103)88(13)65(52-24-20-21-25-52)73(102)87(12)56(68(97)82(6)7)42-62(93)86(59)11/h18-19,47-60,64-65H,16-17,20-46H2,1-15H3,(H,80,92)(H,81,95)/b19-18-/t47?,48-,49-,50?,51?,53?,54-,55-,56-,57-,58-,59-,60?,64-,65-/m0/s1. The van der Waals surface area contributed by atoms with Gasteiger partial charge >= 0.3 is 6.18 Å². The van der Waals surface area contributed by atoms with Gasteiger partial charge in [0, 0.05) is 90.2 Å². The van der Waals surface area contributed by atoms with Crippen LogP contribution in [0.1, 0.15) is 182 Å². The molecule has 3 aliphatic heterocycles. The summed E-state index contributed by atoms with van der Waals surface area (Å²) in [5.41, 5.74) is -1.51. The number of ether oxygens (including phenoxy) is 2. The van der Waals surface area contributed by atoms with Crippen LogP contribution in [0.25, 0.3) is 0 Å². The second-order valence-corrected chi connectivity index (χ2v) is 32.0. The highest BCUT2D eigenvalue weighted by Crippen LogP contribution is 2.45. The first-order valence-electron chi connectivity index (χ1n) is 38.6. The van der Waals surface area contributed by atoms with Gasteiger partial charge in [0.1, 0.15) is 53.9 Å². The van der Waals surface area contributed by atoms with Gasteiger partial charge in [0.05, 0.1) is 38.1 Å². The van der Waals surface area contributed by atoms with Crippen molar-refractivity contribution in [3.8, 4) is 0 Å². The van der Waals surface area contributed by atoms with Crippen LogP contribution >= 0.6 is 0 Å². The highest BCUT2D eigenvalue weighted by Gasteiger charge is 2.57. The van der Waals surface area contributed by atoms with E-state index in [2.05, 4.69) is 17.6 Å². The molecule has 0 aromatic carbocycles. The number of hydrogen-bond donors (Lipinski definition) is 2.